The smallest absolute Gasteiger partial charge is 0.261 e. The highest BCUT2D eigenvalue weighted by atomic mass is 35.5. The molecule has 2 aromatic heterocycles. The summed E-state index contributed by atoms with van der Waals surface area (Å²) in [5.41, 5.74) is 7.16. The van der Waals surface area contributed by atoms with Crippen LogP contribution in [0.25, 0.3) is 0 Å². The fraction of sp³-hybridized carbons (Fsp3) is 0.400. The molecule has 4 N–H and O–H groups in total. The number of aryl methyl sites for hydroxylation is 2. The number of hydrogen-bond acceptors (Lipinski definition) is 5. The minimum Gasteiger partial charge on any atom is -0.385 e. The molecule has 5 rings (SSSR count). The quantitative estimate of drug-likeness (QED) is 0.481. The van der Waals surface area contributed by atoms with Crippen molar-refractivity contribution in [3.05, 3.63) is 69.6 Å². The Balaban J connectivity index is 1.36. The van der Waals surface area contributed by atoms with E-state index in [-0.39, 0.29) is 34.2 Å². The van der Waals surface area contributed by atoms with Gasteiger partial charge in [0.15, 0.2) is 0 Å². The molecular weight excluding hydrogens is 476 g/mol. The molecule has 0 radical (unpaired) electrons. The number of benzene rings is 1. The third-order valence-electron chi connectivity index (χ3n) is 7.44. The number of pyridine rings is 1. The van der Waals surface area contributed by atoms with Gasteiger partial charge in [0.25, 0.3) is 5.91 Å². The van der Waals surface area contributed by atoms with Crippen LogP contribution in [0.5, 0.6) is 0 Å². The van der Waals surface area contributed by atoms with E-state index in [0.717, 1.165) is 6.20 Å². The Morgan fingerprint density at radius 2 is 1.91 bits per heavy atom. The van der Waals surface area contributed by atoms with Crippen LogP contribution < -0.4 is 11.1 Å². The molecule has 1 amide bonds. The molecule has 2 atom stereocenters. The highest BCUT2D eigenvalue weighted by Gasteiger charge is 2.51. The van der Waals surface area contributed by atoms with Crippen molar-refractivity contribution in [3.63, 3.8) is 0 Å². The number of nitrogen functional groups attached to an aromatic ring is 1. The number of aliphatic hydroxyl groups is 1. The maximum Gasteiger partial charge on any atom is 0.261 e. The normalized spacial score (nSPS) is 25.6. The molecule has 2 aliphatic carbocycles. The van der Waals surface area contributed by atoms with E-state index in [0.29, 0.717) is 48.3 Å². The number of anilines is 2. The van der Waals surface area contributed by atoms with Crippen molar-refractivity contribution in [2.75, 3.05) is 11.1 Å². The number of halogens is 3. The van der Waals surface area contributed by atoms with Crippen molar-refractivity contribution in [3.8, 4) is 0 Å². The standard InChI is InChI=1S/C25H26ClF2N5O2/c1-12-5-17(20(28)11-30-12)25(35)9-14-6-13(7-15(14)10-25)22-21(23(29)33(2)32-22)24(34)31-16-3-4-19(27)18(26)8-16/h3-5,8,11,13-15,35H,6-7,9-10,29H2,1-2H3,(H,31,34). The molecule has 184 valence electrons. The number of nitrogens with zero attached hydrogens (tertiary/aromatic N) is 3. The van der Waals surface area contributed by atoms with Gasteiger partial charge in [-0.3, -0.25) is 14.5 Å². The van der Waals surface area contributed by atoms with Crippen molar-refractivity contribution in [2.24, 2.45) is 18.9 Å². The summed E-state index contributed by atoms with van der Waals surface area (Å²) in [6, 6.07) is 5.56. The lowest BCUT2D eigenvalue weighted by Gasteiger charge is -2.26. The number of hydrogen-bond donors (Lipinski definition) is 3. The molecule has 2 heterocycles. The van der Waals surface area contributed by atoms with E-state index >= 15 is 0 Å². The van der Waals surface area contributed by atoms with Gasteiger partial charge >= 0.3 is 0 Å². The van der Waals surface area contributed by atoms with Crippen LogP contribution in [0.4, 0.5) is 20.3 Å². The fourth-order valence-electron chi connectivity index (χ4n) is 5.85. The maximum absolute atomic E-state index is 14.5. The molecule has 2 aliphatic rings. The lowest BCUT2D eigenvalue weighted by Crippen LogP contribution is -2.25. The van der Waals surface area contributed by atoms with E-state index in [1.165, 1.54) is 22.9 Å². The zero-order valence-electron chi connectivity index (χ0n) is 19.4. The third kappa shape index (κ3) is 4.16. The first-order valence-corrected chi connectivity index (χ1v) is 11.9. The van der Waals surface area contributed by atoms with Crippen molar-refractivity contribution in [1.82, 2.24) is 14.8 Å². The number of aromatic nitrogens is 3. The van der Waals surface area contributed by atoms with E-state index in [1.807, 2.05) is 0 Å². The van der Waals surface area contributed by atoms with E-state index in [1.54, 1.807) is 20.0 Å². The van der Waals surface area contributed by atoms with Crippen LogP contribution in [0.15, 0.2) is 30.5 Å². The molecule has 0 spiro atoms. The zero-order valence-corrected chi connectivity index (χ0v) is 20.1. The van der Waals surface area contributed by atoms with Crippen molar-refractivity contribution < 1.29 is 18.7 Å². The zero-order chi connectivity index (χ0) is 25.1. The summed E-state index contributed by atoms with van der Waals surface area (Å²) in [6.07, 6.45) is 3.45. The third-order valence-corrected chi connectivity index (χ3v) is 7.73. The van der Waals surface area contributed by atoms with E-state index < -0.39 is 23.1 Å². The number of nitrogens with one attached hydrogen (secondary N) is 1. The number of fused-ring (bicyclic) bond motifs is 1. The van der Waals surface area contributed by atoms with Gasteiger partial charge in [-0.15, -0.1) is 0 Å². The number of amides is 1. The minimum atomic E-state index is -1.23. The van der Waals surface area contributed by atoms with Gasteiger partial charge in [-0.1, -0.05) is 11.6 Å². The van der Waals surface area contributed by atoms with Crippen molar-refractivity contribution in [2.45, 2.75) is 44.1 Å². The Labute approximate surface area is 206 Å². The molecule has 3 aromatic rings. The Morgan fingerprint density at radius 3 is 2.57 bits per heavy atom. The first kappa shape index (κ1) is 23.7. The van der Waals surface area contributed by atoms with Crippen LogP contribution >= 0.6 is 11.6 Å². The van der Waals surface area contributed by atoms with E-state index in [4.69, 9.17) is 17.3 Å². The first-order chi connectivity index (χ1) is 16.6. The van der Waals surface area contributed by atoms with E-state index in [2.05, 4.69) is 15.4 Å². The number of carbonyl (C=O) groups excluding carboxylic acids is 1. The average molecular weight is 502 g/mol. The van der Waals surface area contributed by atoms with Gasteiger partial charge in [-0.05, 0) is 68.7 Å². The van der Waals surface area contributed by atoms with Gasteiger partial charge in [0.1, 0.15) is 23.0 Å². The second-order valence-corrected chi connectivity index (χ2v) is 10.2. The molecule has 7 nitrogen and oxygen atoms in total. The predicted octanol–water partition coefficient (Wildman–Crippen LogP) is 4.68. The van der Waals surface area contributed by atoms with Gasteiger partial charge in [0.2, 0.25) is 0 Å². The Hall–Kier alpha value is -3.04. The van der Waals surface area contributed by atoms with Crippen LogP contribution in [0, 0.1) is 30.4 Å². The molecular formula is C25H26ClF2N5O2. The molecule has 2 saturated carbocycles. The first-order valence-electron chi connectivity index (χ1n) is 11.5. The fourth-order valence-corrected chi connectivity index (χ4v) is 6.03. The van der Waals surface area contributed by atoms with Crippen LogP contribution in [0.1, 0.15) is 58.9 Å². The Kier molecular flexibility index (Phi) is 5.80. The van der Waals surface area contributed by atoms with Gasteiger partial charge in [-0.2, -0.15) is 5.10 Å². The van der Waals surface area contributed by atoms with Gasteiger partial charge in [0.05, 0.1) is 22.5 Å². The van der Waals surface area contributed by atoms with Crippen molar-refractivity contribution in [1.29, 1.82) is 0 Å². The largest absolute Gasteiger partial charge is 0.385 e. The van der Waals surface area contributed by atoms with Crippen LogP contribution in [-0.2, 0) is 12.6 Å². The Morgan fingerprint density at radius 1 is 1.23 bits per heavy atom. The number of nitrogens with two attached hydrogens (primary N) is 1. The maximum atomic E-state index is 14.5. The molecule has 10 heteroatoms. The number of carbonyl (C=O) groups is 1. The summed E-state index contributed by atoms with van der Waals surface area (Å²) in [5, 5.41) is 18.5. The summed E-state index contributed by atoms with van der Waals surface area (Å²) < 4.78 is 29.4. The summed E-state index contributed by atoms with van der Waals surface area (Å²) in [5.74, 6) is -0.997. The second-order valence-electron chi connectivity index (χ2n) is 9.79. The van der Waals surface area contributed by atoms with Gasteiger partial charge in [0, 0.05) is 29.9 Å². The molecule has 0 aliphatic heterocycles. The van der Waals surface area contributed by atoms with Crippen LogP contribution in [0.3, 0.4) is 0 Å². The molecule has 2 unspecified atom stereocenters. The monoisotopic (exact) mass is 501 g/mol. The summed E-state index contributed by atoms with van der Waals surface area (Å²) in [6.45, 7) is 1.77. The molecule has 1 aromatic carbocycles. The SMILES string of the molecule is Cc1cc(C2(O)CC3CC(c4nn(C)c(N)c4C(=O)Nc4ccc(F)c(Cl)c4)CC3C2)c(F)cn1. The van der Waals surface area contributed by atoms with Crippen LogP contribution in [0.2, 0.25) is 5.02 Å². The lowest BCUT2D eigenvalue weighted by molar-refractivity contribution is 0.0307. The lowest BCUT2D eigenvalue weighted by atomic mass is 9.86. The average Bonchev–Trinajstić information content (AvgIpc) is 3.42. The van der Waals surface area contributed by atoms with Crippen molar-refractivity contribution >= 4 is 29.0 Å². The highest BCUT2D eigenvalue weighted by molar-refractivity contribution is 6.31. The van der Waals surface area contributed by atoms with Crippen LogP contribution in [-0.4, -0.2) is 25.8 Å². The van der Waals surface area contributed by atoms with E-state index in [9.17, 15) is 18.7 Å². The Bertz CT molecular complexity index is 1310. The summed E-state index contributed by atoms with van der Waals surface area (Å²) in [4.78, 5) is 17.1. The number of rotatable bonds is 4. The van der Waals surface area contributed by atoms with Gasteiger partial charge in [-0.25, -0.2) is 8.78 Å². The molecule has 2 fully saturated rings. The molecule has 35 heavy (non-hydrogen) atoms. The summed E-state index contributed by atoms with van der Waals surface area (Å²) in [7, 11) is 1.67. The second kappa shape index (κ2) is 8.57. The topological polar surface area (TPSA) is 106 Å². The molecule has 0 saturated heterocycles. The van der Waals surface area contributed by atoms with Gasteiger partial charge < -0.3 is 16.2 Å². The molecule has 0 bridgehead atoms. The summed E-state index contributed by atoms with van der Waals surface area (Å²) >= 11 is 5.84. The predicted molar refractivity (Wildman–Crippen MR) is 128 cm³/mol. The minimum absolute atomic E-state index is 0.0281. The highest BCUT2D eigenvalue weighted by Crippen LogP contribution is 2.57.